The second-order valence-electron chi connectivity index (χ2n) is 10.1. The van der Waals surface area contributed by atoms with Crippen molar-refractivity contribution in [3.05, 3.63) is 65.7 Å². The minimum absolute atomic E-state index is 0.224. The molecule has 2 aromatic rings. The van der Waals surface area contributed by atoms with Crippen LogP contribution < -0.4 is 4.74 Å². The average molecular weight is 469 g/mol. The van der Waals surface area contributed by atoms with Crippen molar-refractivity contribution in [2.75, 3.05) is 20.6 Å². The Labute approximate surface area is 207 Å². The summed E-state index contributed by atoms with van der Waals surface area (Å²) in [5.74, 6) is 0.512. The van der Waals surface area contributed by atoms with Gasteiger partial charge in [-0.15, -0.1) is 0 Å². The van der Waals surface area contributed by atoms with Gasteiger partial charge in [-0.25, -0.2) is 0 Å². The van der Waals surface area contributed by atoms with Crippen LogP contribution in [0.2, 0.25) is 0 Å². The molecule has 0 spiro atoms. The molecular weight excluding hydrogens is 422 g/mol. The molecule has 34 heavy (non-hydrogen) atoms. The summed E-state index contributed by atoms with van der Waals surface area (Å²) in [5.41, 5.74) is 2.60. The molecule has 4 nitrogen and oxygen atoms in total. The standard InChI is InChI=1S/C30H46NO3/c1-5-6-7-8-9-10-11-13-16-27-19-21-29(22-20-27)33-26(2)34-30(32)23-24-31(3,4)25-28-17-14-12-15-18-28/h12,14-15,17-22,26H,5-11,13,16,23-25H2,1-4H3/q+1. The zero-order valence-electron chi connectivity index (χ0n) is 21.9. The zero-order valence-corrected chi connectivity index (χ0v) is 21.9. The monoisotopic (exact) mass is 468 g/mol. The van der Waals surface area contributed by atoms with E-state index >= 15 is 0 Å². The van der Waals surface area contributed by atoms with Gasteiger partial charge in [0.2, 0.25) is 6.29 Å². The maximum atomic E-state index is 12.3. The molecule has 0 aliphatic rings. The molecule has 1 atom stereocenters. The molecule has 4 heteroatoms. The lowest BCUT2D eigenvalue weighted by Gasteiger charge is -2.29. The second kappa shape index (κ2) is 15.5. The van der Waals surface area contributed by atoms with E-state index in [-0.39, 0.29) is 5.97 Å². The van der Waals surface area contributed by atoms with Crippen molar-refractivity contribution in [2.45, 2.75) is 90.9 Å². The molecule has 2 rings (SSSR count). The number of ether oxygens (including phenoxy) is 2. The quantitative estimate of drug-likeness (QED) is 0.106. The van der Waals surface area contributed by atoms with Crippen LogP contribution in [0.3, 0.4) is 0 Å². The van der Waals surface area contributed by atoms with Crippen molar-refractivity contribution in [1.29, 1.82) is 0 Å². The summed E-state index contributed by atoms with van der Waals surface area (Å²) in [5, 5.41) is 0. The highest BCUT2D eigenvalue weighted by atomic mass is 16.7. The van der Waals surface area contributed by atoms with Crippen LogP contribution in [-0.4, -0.2) is 37.4 Å². The molecule has 0 amide bonds. The lowest BCUT2D eigenvalue weighted by atomic mass is 10.0. The average Bonchev–Trinajstić information content (AvgIpc) is 2.81. The van der Waals surface area contributed by atoms with Gasteiger partial charge in [-0.05, 0) is 30.5 Å². The van der Waals surface area contributed by atoms with E-state index in [0.717, 1.165) is 23.2 Å². The molecule has 0 heterocycles. The third kappa shape index (κ3) is 12.2. The Morgan fingerprint density at radius 2 is 1.44 bits per heavy atom. The smallest absolute Gasteiger partial charge is 0.314 e. The Hall–Kier alpha value is -2.33. The predicted octanol–water partition coefficient (Wildman–Crippen LogP) is 7.30. The molecule has 0 radical (unpaired) electrons. The first-order valence-corrected chi connectivity index (χ1v) is 13.2. The van der Waals surface area contributed by atoms with Crippen LogP contribution in [0.5, 0.6) is 5.75 Å². The number of rotatable bonds is 17. The van der Waals surface area contributed by atoms with Crippen LogP contribution in [0.1, 0.15) is 82.8 Å². The summed E-state index contributed by atoms with van der Waals surface area (Å²) in [6.07, 6.45) is 11.6. The van der Waals surface area contributed by atoms with Gasteiger partial charge in [0.25, 0.3) is 0 Å². The van der Waals surface area contributed by atoms with Crippen LogP contribution in [0.25, 0.3) is 0 Å². The van der Waals surface area contributed by atoms with E-state index < -0.39 is 6.29 Å². The minimum atomic E-state index is -0.601. The predicted molar refractivity (Wildman–Crippen MR) is 141 cm³/mol. The summed E-state index contributed by atoms with van der Waals surface area (Å²) in [6.45, 7) is 5.63. The largest absolute Gasteiger partial charge is 0.455 e. The van der Waals surface area contributed by atoms with E-state index in [9.17, 15) is 4.79 Å². The summed E-state index contributed by atoms with van der Waals surface area (Å²) in [6, 6.07) is 18.5. The molecule has 0 aliphatic carbocycles. The van der Waals surface area contributed by atoms with Crippen LogP contribution >= 0.6 is 0 Å². The first kappa shape index (κ1) is 27.9. The van der Waals surface area contributed by atoms with Crippen molar-refractivity contribution in [3.8, 4) is 5.75 Å². The number of esters is 1. The number of quaternary nitrogens is 1. The van der Waals surface area contributed by atoms with E-state index in [0.29, 0.717) is 13.0 Å². The molecule has 0 N–H and O–H groups in total. The third-order valence-corrected chi connectivity index (χ3v) is 6.22. The lowest BCUT2D eigenvalue weighted by Crippen LogP contribution is -2.40. The Kier molecular flexibility index (Phi) is 12.8. The number of hydrogen-bond donors (Lipinski definition) is 0. The Morgan fingerprint density at radius 1 is 0.824 bits per heavy atom. The lowest BCUT2D eigenvalue weighted by molar-refractivity contribution is -0.903. The van der Waals surface area contributed by atoms with Gasteiger partial charge < -0.3 is 14.0 Å². The van der Waals surface area contributed by atoms with Gasteiger partial charge >= 0.3 is 5.97 Å². The van der Waals surface area contributed by atoms with Crippen LogP contribution in [0.4, 0.5) is 0 Å². The molecule has 0 bridgehead atoms. The Morgan fingerprint density at radius 3 is 2.09 bits per heavy atom. The van der Waals surface area contributed by atoms with Crippen molar-refractivity contribution < 1.29 is 18.8 Å². The Balaban J connectivity index is 1.62. The van der Waals surface area contributed by atoms with Gasteiger partial charge in [-0.1, -0.05) is 94.3 Å². The molecule has 0 aliphatic heterocycles. The van der Waals surface area contributed by atoms with Crippen molar-refractivity contribution in [1.82, 2.24) is 0 Å². The topological polar surface area (TPSA) is 35.5 Å². The number of aryl methyl sites for hydroxylation is 1. The second-order valence-corrected chi connectivity index (χ2v) is 10.1. The number of unbranched alkanes of at least 4 members (excludes halogenated alkanes) is 7. The molecule has 1 unspecified atom stereocenters. The summed E-state index contributed by atoms with van der Waals surface area (Å²) < 4.78 is 12.0. The fourth-order valence-corrected chi connectivity index (χ4v) is 4.21. The minimum Gasteiger partial charge on any atom is -0.455 e. The molecule has 188 valence electrons. The number of carbonyl (C=O) groups is 1. The van der Waals surface area contributed by atoms with Gasteiger partial charge in [0.05, 0.1) is 27.1 Å². The maximum absolute atomic E-state index is 12.3. The molecular formula is C30H46NO3+. The zero-order chi connectivity index (χ0) is 24.7. The third-order valence-electron chi connectivity index (χ3n) is 6.22. The van der Waals surface area contributed by atoms with E-state index in [1.54, 1.807) is 6.92 Å². The molecule has 2 aromatic carbocycles. The fraction of sp³-hybridized carbons (Fsp3) is 0.567. The fourth-order valence-electron chi connectivity index (χ4n) is 4.21. The highest BCUT2D eigenvalue weighted by molar-refractivity contribution is 5.69. The number of hydrogen-bond acceptors (Lipinski definition) is 3. The Bertz CT molecular complexity index is 802. The maximum Gasteiger partial charge on any atom is 0.314 e. The van der Waals surface area contributed by atoms with Crippen LogP contribution in [-0.2, 0) is 22.5 Å². The molecule has 0 aromatic heterocycles. The number of benzene rings is 2. The SMILES string of the molecule is CCCCCCCCCCc1ccc(OC(C)OC(=O)CC[N+](C)(C)Cc2ccccc2)cc1. The van der Waals surface area contributed by atoms with Crippen molar-refractivity contribution in [3.63, 3.8) is 0 Å². The van der Waals surface area contributed by atoms with E-state index in [1.807, 2.05) is 30.3 Å². The van der Waals surface area contributed by atoms with Gasteiger partial charge in [-0.2, -0.15) is 0 Å². The van der Waals surface area contributed by atoms with Gasteiger partial charge in [0.15, 0.2) is 0 Å². The summed E-state index contributed by atoms with van der Waals surface area (Å²) in [4.78, 5) is 12.3. The molecule has 0 fully saturated rings. The van der Waals surface area contributed by atoms with E-state index in [1.165, 1.54) is 62.5 Å². The van der Waals surface area contributed by atoms with Crippen molar-refractivity contribution >= 4 is 5.97 Å². The molecule has 0 saturated carbocycles. The molecule has 0 saturated heterocycles. The van der Waals surface area contributed by atoms with Crippen LogP contribution in [0.15, 0.2) is 54.6 Å². The first-order chi connectivity index (χ1) is 16.4. The summed E-state index contributed by atoms with van der Waals surface area (Å²) in [7, 11) is 4.27. The highest BCUT2D eigenvalue weighted by Gasteiger charge is 2.20. The van der Waals surface area contributed by atoms with Gasteiger partial charge in [-0.3, -0.25) is 4.79 Å². The van der Waals surface area contributed by atoms with E-state index in [4.69, 9.17) is 9.47 Å². The van der Waals surface area contributed by atoms with Gasteiger partial charge in [0, 0.05) is 12.5 Å². The summed E-state index contributed by atoms with van der Waals surface area (Å²) >= 11 is 0. The van der Waals surface area contributed by atoms with Crippen LogP contribution in [0, 0.1) is 0 Å². The number of carbonyl (C=O) groups excluding carboxylic acids is 1. The van der Waals surface area contributed by atoms with Gasteiger partial charge in [0.1, 0.15) is 12.3 Å². The van der Waals surface area contributed by atoms with E-state index in [2.05, 4.69) is 45.3 Å². The number of nitrogens with zero attached hydrogens (tertiary/aromatic N) is 1. The van der Waals surface area contributed by atoms with Crippen molar-refractivity contribution in [2.24, 2.45) is 0 Å². The highest BCUT2D eigenvalue weighted by Crippen LogP contribution is 2.17. The first-order valence-electron chi connectivity index (χ1n) is 13.2. The normalized spacial score (nSPS) is 12.4.